The maximum atomic E-state index is 13.7. The largest absolute Gasteiger partial charge is 0.496 e. The van der Waals surface area contributed by atoms with E-state index >= 15 is 0 Å². The normalized spacial score (nSPS) is 10.2. The van der Waals surface area contributed by atoms with Gasteiger partial charge in [0.25, 0.3) is 0 Å². The molecule has 0 aliphatic carbocycles. The zero-order valence-electron chi connectivity index (χ0n) is 9.07. The lowest BCUT2D eigenvalue weighted by atomic mass is 10.1. The lowest BCUT2D eigenvalue weighted by Gasteiger charge is -2.08. The van der Waals surface area contributed by atoms with Gasteiger partial charge >= 0.3 is 0 Å². The van der Waals surface area contributed by atoms with E-state index in [9.17, 15) is 4.39 Å². The Morgan fingerprint density at radius 1 is 1.25 bits per heavy atom. The van der Waals surface area contributed by atoms with E-state index in [1.165, 1.54) is 13.2 Å². The Kier molecular flexibility index (Phi) is 2.81. The summed E-state index contributed by atoms with van der Waals surface area (Å²) < 4.78 is 18.8. The van der Waals surface area contributed by atoms with Crippen LogP contribution in [0.4, 0.5) is 4.39 Å². The molecule has 1 aromatic heterocycles. The molecule has 0 fully saturated rings. The molecule has 0 radical (unpaired) electrons. The molecule has 0 N–H and O–H groups in total. The van der Waals surface area contributed by atoms with Crippen molar-refractivity contribution in [1.82, 2.24) is 9.97 Å². The number of rotatable bonds is 2. The molecule has 2 rings (SSSR count). The summed E-state index contributed by atoms with van der Waals surface area (Å²) in [4.78, 5) is 8.23. The molecule has 0 spiro atoms. The first kappa shape index (κ1) is 10.5. The van der Waals surface area contributed by atoms with Crippen LogP contribution in [0.5, 0.6) is 5.75 Å². The minimum atomic E-state index is -0.384. The number of hydrogen-bond acceptors (Lipinski definition) is 3. The maximum Gasteiger partial charge on any atom is 0.166 e. The Balaban J connectivity index is 2.63. The Bertz CT molecular complexity index is 514. The molecule has 16 heavy (non-hydrogen) atoms. The first-order valence-corrected chi connectivity index (χ1v) is 4.85. The predicted molar refractivity (Wildman–Crippen MR) is 58.7 cm³/mol. The molecule has 0 saturated carbocycles. The third-order valence-corrected chi connectivity index (χ3v) is 2.21. The summed E-state index contributed by atoms with van der Waals surface area (Å²) >= 11 is 0. The Morgan fingerprint density at radius 2 is 2.06 bits per heavy atom. The number of aromatic nitrogens is 2. The molecule has 1 aromatic carbocycles. The van der Waals surface area contributed by atoms with Crippen LogP contribution >= 0.6 is 0 Å². The van der Waals surface area contributed by atoms with E-state index in [-0.39, 0.29) is 5.82 Å². The minimum Gasteiger partial charge on any atom is -0.496 e. The highest BCUT2D eigenvalue weighted by atomic mass is 19.1. The van der Waals surface area contributed by atoms with Gasteiger partial charge in [0.1, 0.15) is 11.6 Å². The second-order valence-corrected chi connectivity index (χ2v) is 3.34. The van der Waals surface area contributed by atoms with Crippen LogP contribution in [0.2, 0.25) is 0 Å². The van der Waals surface area contributed by atoms with Gasteiger partial charge in [0.15, 0.2) is 5.82 Å². The van der Waals surface area contributed by atoms with Crippen LogP contribution in [0.15, 0.2) is 30.5 Å². The molecule has 4 heteroatoms. The average molecular weight is 218 g/mol. The Labute approximate surface area is 92.9 Å². The Morgan fingerprint density at radius 3 is 2.75 bits per heavy atom. The van der Waals surface area contributed by atoms with Crippen molar-refractivity contribution in [3.05, 3.63) is 42.0 Å². The summed E-state index contributed by atoms with van der Waals surface area (Å²) in [5.41, 5.74) is 1.09. The van der Waals surface area contributed by atoms with Gasteiger partial charge in [-0.15, -0.1) is 0 Å². The van der Waals surface area contributed by atoms with Gasteiger partial charge in [-0.25, -0.2) is 14.4 Å². The van der Waals surface area contributed by atoms with Crippen molar-refractivity contribution in [2.45, 2.75) is 6.92 Å². The summed E-state index contributed by atoms with van der Waals surface area (Å²) in [6.07, 6.45) is 1.60. The van der Waals surface area contributed by atoms with Gasteiger partial charge in [0.2, 0.25) is 0 Å². The minimum absolute atomic E-state index is 0.300. The fourth-order valence-corrected chi connectivity index (χ4v) is 1.46. The van der Waals surface area contributed by atoms with E-state index in [4.69, 9.17) is 4.74 Å². The van der Waals surface area contributed by atoms with Crippen LogP contribution in [-0.2, 0) is 0 Å². The fraction of sp³-hybridized carbons (Fsp3) is 0.167. The lowest BCUT2D eigenvalue weighted by Crippen LogP contribution is -1.96. The van der Waals surface area contributed by atoms with Crippen LogP contribution in [0.25, 0.3) is 11.4 Å². The van der Waals surface area contributed by atoms with Gasteiger partial charge in [-0.1, -0.05) is 6.07 Å². The van der Waals surface area contributed by atoms with Crippen LogP contribution < -0.4 is 4.74 Å². The van der Waals surface area contributed by atoms with Crippen molar-refractivity contribution in [2.24, 2.45) is 0 Å². The average Bonchev–Trinajstić information content (AvgIpc) is 2.28. The topological polar surface area (TPSA) is 35.0 Å². The van der Waals surface area contributed by atoms with Crippen LogP contribution in [0.3, 0.4) is 0 Å². The molecule has 0 bridgehead atoms. The van der Waals surface area contributed by atoms with Crippen LogP contribution in [0.1, 0.15) is 5.69 Å². The summed E-state index contributed by atoms with van der Waals surface area (Å²) in [6, 6.07) is 6.40. The number of ether oxygens (including phenoxy) is 1. The van der Waals surface area contributed by atoms with E-state index in [1.54, 1.807) is 24.4 Å². The molecule has 0 amide bonds. The third kappa shape index (κ3) is 1.86. The smallest absolute Gasteiger partial charge is 0.166 e. The van der Waals surface area contributed by atoms with Crippen molar-refractivity contribution in [3.63, 3.8) is 0 Å². The van der Waals surface area contributed by atoms with Gasteiger partial charge in [-0.2, -0.15) is 0 Å². The van der Waals surface area contributed by atoms with Crippen molar-refractivity contribution >= 4 is 0 Å². The molecule has 1 heterocycles. The van der Waals surface area contributed by atoms with E-state index in [0.717, 1.165) is 5.69 Å². The van der Waals surface area contributed by atoms with E-state index in [0.29, 0.717) is 17.1 Å². The zero-order valence-corrected chi connectivity index (χ0v) is 9.07. The number of nitrogens with zero attached hydrogens (tertiary/aromatic N) is 2. The third-order valence-electron chi connectivity index (χ3n) is 2.21. The second kappa shape index (κ2) is 4.26. The van der Waals surface area contributed by atoms with Gasteiger partial charge in [-0.05, 0) is 25.1 Å². The molecule has 0 unspecified atom stereocenters. The molecule has 2 aromatic rings. The first-order chi connectivity index (χ1) is 7.72. The molecule has 0 aliphatic rings. The molecule has 82 valence electrons. The molecule has 0 atom stereocenters. The van der Waals surface area contributed by atoms with E-state index < -0.39 is 0 Å². The number of methoxy groups -OCH3 is 1. The summed E-state index contributed by atoms with van der Waals surface area (Å²) in [5, 5.41) is 0. The van der Waals surface area contributed by atoms with Crippen molar-refractivity contribution in [3.8, 4) is 17.1 Å². The lowest BCUT2D eigenvalue weighted by molar-refractivity contribution is 0.413. The fourth-order valence-electron chi connectivity index (χ4n) is 1.46. The van der Waals surface area contributed by atoms with Gasteiger partial charge in [0.05, 0.1) is 12.7 Å². The highest BCUT2D eigenvalue weighted by molar-refractivity contribution is 5.64. The molecular weight excluding hydrogens is 207 g/mol. The van der Waals surface area contributed by atoms with Gasteiger partial charge in [0, 0.05) is 11.9 Å². The van der Waals surface area contributed by atoms with E-state index in [2.05, 4.69) is 9.97 Å². The maximum absolute atomic E-state index is 13.7. The number of aryl methyl sites for hydroxylation is 1. The standard InChI is InChI=1S/C12H11FN2O/c1-8-6-7-14-12(15-8)11-9(13)4-3-5-10(11)16-2/h3-7H,1-2H3. The highest BCUT2D eigenvalue weighted by Gasteiger charge is 2.13. The predicted octanol–water partition coefficient (Wildman–Crippen LogP) is 2.60. The molecular formula is C12H11FN2O. The Hall–Kier alpha value is -1.97. The number of halogens is 1. The summed E-state index contributed by atoms with van der Waals surface area (Å²) in [7, 11) is 1.49. The van der Waals surface area contributed by atoms with Crippen molar-refractivity contribution < 1.29 is 9.13 Å². The second-order valence-electron chi connectivity index (χ2n) is 3.34. The van der Waals surface area contributed by atoms with Crippen molar-refractivity contribution in [2.75, 3.05) is 7.11 Å². The van der Waals surface area contributed by atoms with Gasteiger partial charge < -0.3 is 4.74 Å². The zero-order chi connectivity index (χ0) is 11.5. The summed E-state index contributed by atoms with van der Waals surface area (Å²) in [5.74, 6) is 0.394. The SMILES string of the molecule is COc1cccc(F)c1-c1nccc(C)n1. The number of hydrogen-bond donors (Lipinski definition) is 0. The number of benzene rings is 1. The summed E-state index contributed by atoms with van der Waals surface area (Å²) in [6.45, 7) is 1.83. The molecule has 3 nitrogen and oxygen atoms in total. The van der Waals surface area contributed by atoms with E-state index in [1.807, 2.05) is 6.92 Å². The highest BCUT2D eigenvalue weighted by Crippen LogP contribution is 2.29. The first-order valence-electron chi connectivity index (χ1n) is 4.85. The van der Waals surface area contributed by atoms with Crippen LogP contribution in [-0.4, -0.2) is 17.1 Å². The quantitative estimate of drug-likeness (QED) is 0.777. The molecule has 0 aliphatic heterocycles. The van der Waals surface area contributed by atoms with Gasteiger partial charge in [-0.3, -0.25) is 0 Å². The molecule has 0 saturated heterocycles. The van der Waals surface area contributed by atoms with Crippen molar-refractivity contribution in [1.29, 1.82) is 0 Å². The monoisotopic (exact) mass is 218 g/mol. The van der Waals surface area contributed by atoms with Crippen LogP contribution in [0, 0.1) is 12.7 Å².